The van der Waals surface area contributed by atoms with E-state index in [9.17, 15) is 9.59 Å². The van der Waals surface area contributed by atoms with Gasteiger partial charge in [0, 0.05) is 17.5 Å². The highest BCUT2D eigenvalue weighted by Gasteiger charge is 2.13. The van der Waals surface area contributed by atoms with Crippen molar-refractivity contribution in [1.29, 1.82) is 0 Å². The van der Waals surface area contributed by atoms with Gasteiger partial charge in [0.2, 0.25) is 0 Å². The topological polar surface area (TPSA) is 73.2 Å². The summed E-state index contributed by atoms with van der Waals surface area (Å²) in [4.78, 5) is 28.2. The molecule has 0 saturated heterocycles. The zero-order valence-electron chi connectivity index (χ0n) is 13.7. The molecule has 3 aromatic rings. The Morgan fingerprint density at radius 3 is 2.80 bits per heavy atom. The molecule has 1 aromatic heterocycles. The molecule has 0 amide bonds. The van der Waals surface area contributed by atoms with Crippen LogP contribution in [0.15, 0.2) is 47.3 Å². The number of halogens is 1. The van der Waals surface area contributed by atoms with Gasteiger partial charge in [-0.1, -0.05) is 23.7 Å². The van der Waals surface area contributed by atoms with Gasteiger partial charge in [0.25, 0.3) is 0 Å². The number of anilines is 1. The molecule has 0 unspecified atom stereocenters. The number of carbonyl (C=O) groups is 1. The second-order valence-electron chi connectivity index (χ2n) is 5.41. The molecule has 2 aromatic carbocycles. The number of fused-ring (bicyclic) bond motifs is 1. The van der Waals surface area contributed by atoms with Gasteiger partial charge in [-0.2, -0.15) is 4.98 Å². The van der Waals surface area contributed by atoms with Crippen molar-refractivity contribution in [2.45, 2.75) is 6.42 Å². The van der Waals surface area contributed by atoms with Crippen LogP contribution in [0, 0.1) is 0 Å². The lowest BCUT2D eigenvalue weighted by atomic mass is 10.1. The van der Waals surface area contributed by atoms with Gasteiger partial charge in [-0.15, -0.1) is 0 Å². The maximum Gasteiger partial charge on any atom is 0.354 e. The van der Waals surface area contributed by atoms with Crippen LogP contribution in [0.1, 0.15) is 5.56 Å². The zero-order valence-corrected chi connectivity index (χ0v) is 14.5. The molecule has 0 aliphatic rings. The molecule has 7 heteroatoms. The third kappa shape index (κ3) is 3.34. The van der Waals surface area contributed by atoms with Crippen LogP contribution in [0.4, 0.5) is 5.82 Å². The summed E-state index contributed by atoms with van der Waals surface area (Å²) in [5, 5.41) is 4.21. The highest BCUT2D eigenvalue weighted by atomic mass is 35.5. The molecule has 0 radical (unpaired) electrons. The Bertz CT molecular complexity index is 1010. The van der Waals surface area contributed by atoms with Crippen LogP contribution in [0.25, 0.3) is 16.6 Å². The minimum Gasteiger partial charge on any atom is -0.469 e. The summed E-state index contributed by atoms with van der Waals surface area (Å²) >= 11 is 6.13. The summed E-state index contributed by atoms with van der Waals surface area (Å²) in [6.45, 7) is 0. The standard InChI is InChI=1S/C18H16ClN3O3/c1-20-17-14-7-6-12(19)10-15(14)22(18(24)21-17)13-5-3-4-11(8-13)9-16(23)25-2/h3-8,10H,9H2,1-2H3,(H,20,21,24). The molecule has 0 spiro atoms. The molecule has 6 nitrogen and oxygen atoms in total. The molecular formula is C18H16ClN3O3. The van der Waals surface area contributed by atoms with Crippen molar-refractivity contribution in [1.82, 2.24) is 9.55 Å². The van der Waals surface area contributed by atoms with E-state index in [1.54, 1.807) is 43.4 Å². The molecule has 0 aliphatic carbocycles. The fourth-order valence-electron chi connectivity index (χ4n) is 2.68. The third-order valence-corrected chi connectivity index (χ3v) is 4.07. The Kier molecular flexibility index (Phi) is 4.72. The average molecular weight is 358 g/mol. The largest absolute Gasteiger partial charge is 0.469 e. The summed E-state index contributed by atoms with van der Waals surface area (Å²) in [6.07, 6.45) is 0.125. The van der Waals surface area contributed by atoms with Gasteiger partial charge in [-0.25, -0.2) is 4.79 Å². The first-order valence-corrected chi connectivity index (χ1v) is 7.97. The molecule has 0 atom stereocenters. The highest BCUT2D eigenvalue weighted by Crippen LogP contribution is 2.25. The van der Waals surface area contributed by atoms with Crippen LogP contribution in [0.3, 0.4) is 0 Å². The first-order chi connectivity index (χ1) is 12.0. The predicted molar refractivity (Wildman–Crippen MR) is 97.6 cm³/mol. The van der Waals surface area contributed by atoms with Crippen LogP contribution >= 0.6 is 11.6 Å². The summed E-state index contributed by atoms with van der Waals surface area (Å²) in [5.74, 6) is 0.139. The van der Waals surface area contributed by atoms with E-state index in [0.717, 1.165) is 10.9 Å². The fraction of sp³-hybridized carbons (Fsp3) is 0.167. The highest BCUT2D eigenvalue weighted by molar-refractivity contribution is 6.31. The summed E-state index contributed by atoms with van der Waals surface area (Å²) in [5.41, 5.74) is 1.54. The van der Waals surface area contributed by atoms with Crippen molar-refractivity contribution >= 4 is 34.3 Å². The minimum absolute atomic E-state index is 0.125. The van der Waals surface area contributed by atoms with Gasteiger partial charge in [-0.05, 0) is 35.9 Å². The van der Waals surface area contributed by atoms with Gasteiger partial charge >= 0.3 is 11.7 Å². The number of ether oxygens (including phenoxy) is 1. The van der Waals surface area contributed by atoms with Gasteiger partial charge in [0.1, 0.15) is 5.82 Å². The van der Waals surface area contributed by atoms with Gasteiger partial charge < -0.3 is 10.1 Å². The second kappa shape index (κ2) is 6.94. The normalized spacial score (nSPS) is 10.7. The van der Waals surface area contributed by atoms with E-state index in [1.807, 2.05) is 6.07 Å². The SMILES string of the molecule is CNc1nc(=O)n(-c2cccc(CC(=O)OC)c2)c2cc(Cl)ccc12. The number of hydrogen-bond donors (Lipinski definition) is 1. The number of nitrogens with zero attached hydrogens (tertiary/aromatic N) is 2. The number of esters is 1. The Morgan fingerprint density at radius 1 is 1.28 bits per heavy atom. The molecule has 3 rings (SSSR count). The molecule has 0 bridgehead atoms. The van der Waals surface area contributed by atoms with Crippen molar-refractivity contribution in [3.05, 3.63) is 63.5 Å². The fourth-order valence-corrected chi connectivity index (χ4v) is 2.85. The predicted octanol–water partition coefficient (Wildman–Crippen LogP) is 2.80. The molecule has 0 fully saturated rings. The Hall–Kier alpha value is -2.86. The molecule has 0 saturated carbocycles. The number of carbonyl (C=O) groups excluding carboxylic acids is 1. The summed E-state index contributed by atoms with van der Waals surface area (Å²) in [6, 6.07) is 12.4. The monoisotopic (exact) mass is 357 g/mol. The smallest absolute Gasteiger partial charge is 0.354 e. The van der Waals surface area contributed by atoms with E-state index < -0.39 is 5.69 Å². The number of benzene rings is 2. The number of nitrogens with one attached hydrogen (secondary N) is 1. The average Bonchev–Trinajstić information content (AvgIpc) is 2.60. The van der Waals surface area contributed by atoms with Crippen molar-refractivity contribution in [3.8, 4) is 5.69 Å². The van der Waals surface area contributed by atoms with Crippen molar-refractivity contribution < 1.29 is 9.53 Å². The summed E-state index contributed by atoms with van der Waals surface area (Å²) < 4.78 is 6.17. The van der Waals surface area contributed by atoms with E-state index in [1.165, 1.54) is 11.7 Å². The maximum absolute atomic E-state index is 12.6. The lowest BCUT2D eigenvalue weighted by molar-refractivity contribution is -0.139. The number of hydrogen-bond acceptors (Lipinski definition) is 5. The lowest BCUT2D eigenvalue weighted by Crippen LogP contribution is -2.23. The molecular weight excluding hydrogens is 342 g/mol. The zero-order chi connectivity index (χ0) is 18.0. The number of aromatic nitrogens is 2. The van der Waals surface area contributed by atoms with E-state index in [4.69, 9.17) is 16.3 Å². The van der Waals surface area contributed by atoms with Crippen LogP contribution in [-0.4, -0.2) is 29.7 Å². The molecule has 25 heavy (non-hydrogen) atoms. The van der Waals surface area contributed by atoms with Gasteiger partial charge in [-0.3, -0.25) is 9.36 Å². The Labute approximate surface area is 149 Å². The molecule has 1 N–H and O–H groups in total. The van der Waals surface area contributed by atoms with Crippen LogP contribution in [0.5, 0.6) is 0 Å². The van der Waals surface area contributed by atoms with Crippen LogP contribution in [0.2, 0.25) is 5.02 Å². The second-order valence-corrected chi connectivity index (χ2v) is 5.85. The summed E-state index contributed by atoms with van der Waals surface area (Å²) in [7, 11) is 3.05. The first-order valence-electron chi connectivity index (χ1n) is 7.59. The van der Waals surface area contributed by atoms with E-state index in [2.05, 4.69) is 10.3 Å². The Morgan fingerprint density at radius 2 is 2.08 bits per heavy atom. The minimum atomic E-state index is -0.436. The molecule has 1 heterocycles. The van der Waals surface area contributed by atoms with Crippen molar-refractivity contribution in [3.63, 3.8) is 0 Å². The Balaban J connectivity index is 2.24. The van der Waals surface area contributed by atoms with Gasteiger partial charge in [0.05, 0.1) is 24.7 Å². The van der Waals surface area contributed by atoms with E-state index >= 15 is 0 Å². The number of rotatable bonds is 4. The van der Waals surface area contributed by atoms with Crippen molar-refractivity contribution in [2.24, 2.45) is 0 Å². The molecule has 128 valence electrons. The number of methoxy groups -OCH3 is 1. The maximum atomic E-state index is 12.6. The van der Waals surface area contributed by atoms with Crippen molar-refractivity contribution in [2.75, 3.05) is 19.5 Å². The quantitative estimate of drug-likeness (QED) is 0.727. The first kappa shape index (κ1) is 17.0. The molecule has 0 aliphatic heterocycles. The third-order valence-electron chi connectivity index (χ3n) is 3.84. The lowest BCUT2D eigenvalue weighted by Gasteiger charge is -2.13. The van der Waals surface area contributed by atoms with Crippen LogP contribution < -0.4 is 11.0 Å². The van der Waals surface area contributed by atoms with E-state index in [-0.39, 0.29) is 12.4 Å². The van der Waals surface area contributed by atoms with Crippen LogP contribution in [-0.2, 0) is 16.0 Å². The van der Waals surface area contributed by atoms with Gasteiger partial charge in [0.15, 0.2) is 0 Å². The van der Waals surface area contributed by atoms with E-state index in [0.29, 0.717) is 22.0 Å².